The molecule has 0 amide bonds. The largest absolute Gasteiger partial charge is 0.207 e. The second-order valence-corrected chi connectivity index (χ2v) is 5.89. The van der Waals surface area contributed by atoms with Crippen molar-refractivity contribution in [1.82, 2.24) is 0 Å². The van der Waals surface area contributed by atoms with Gasteiger partial charge in [0.25, 0.3) is 0 Å². The number of rotatable bonds is 10. The third-order valence-corrected chi connectivity index (χ3v) is 4.13. The molecule has 1 aromatic rings. The van der Waals surface area contributed by atoms with E-state index in [0.29, 0.717) is 11.5 Å². The van der Waals surface area contributed by atoms with Crippen molar-refractivity contribution < 1.29 is 4.39 Å². The van der Waals surface area contributed by atoms with E-state index in [0.717, 1.165) is 24.8 Å². The molecule has 0 saturated heterocycles. The Bertz CT molecular complexity index is 447. The lowest BCUT2D eigenvalue weighted by molar-refractivity contribution is 0.480. The highest BCUT2D eigenvalue weighted by Gasteiger charge is 2.15. The van der Waals surface area contributed by atoms with Gasteiger partial charge in [0.05, 0.1) is 11.6 Å². The summed E-state index contributed by atoms with van der Waals surface area (Å²) in [6.45, 7) is 4.40. The average Bonchev–Trinajstić information content (AvgIpc) is 2.50. The molecule has 0 aliphatic rings. The van der Waals surface area contributed by atoms with Crippen LogP contribution < -0.4 is 0 Å². The molecule has 0 aliphatic heterocycles. The standard InChI is InChI=1S/C19H28FN/c1-3-5-7-9-11-17(10-8-6-4-2)18-13-12-16(15-21)14-19(18)20/h12-14,17H,3-11H2,1-2H3. The summed E-state index contributed by atoms with van der Waals surface area (Å²) in [4.78, 5) is 0. The molecule has 1 atom stereocenters. The van der Waals surface area contributed by atoms with Crippen LogP contribution in [0.15, 0.2) is 18.2 Å². The Morgan fingerprint density at radius 1 is 1.00 bits per heavy atom. The molecule has 0 heterocycles. The summed E-state index contributed by atoms with van der Waals surface area (Å²) in [6.07, 6.45) is 10.6. The van der Waals surface area contributed by atoms with E-state index in [9.17, 15) is 4.39 Å². The molecule has 0 bridgehead atoms. The van der Waals surface area contributed by atoms with Crippen LogP contribution in [0.5, 0.6) is 0 Å². The van der Waals surface area contributed by atoms with Crippen molar-refractivity contribution in [3.05, 3.63) is 35.1 Å². The Morgan fingerprint density at radius 2 is 1.62 bits per heavy atom. The molecule has 0 aliphatic carbocycles. The lowest BCUT2D eigenvalue weighted by Gasteiger charge is -2.18. The number of nitrogens with zero attached hydrogens (tertiary/aromatic N) is 1. The molecule has 0 spiro atoms. The third-order valence-electron chi connectivity index (χ3n) is 4.13. The average molecular weight is 289 g/mol. The molecule has 0 aromatic heterocycles. The Hall–Kier alpha value is -1.36. The van der Waals surface area contributed by atoms with Crippen LogP contribution in [0.2, 0.25) is 0 Å². The molecule has 21 heavy (non-hydrogen) atoms. The van der Waals surface area contributed by atoms with Crippen LogP contribution in [-0.2, 0) is 0 Å². The monoisotopic (exact) mass is 289 g/mol. The Kier molecular flexibility index (Phi) is 8.74. The van der Waals surface area contributed by atoms with E-state index in [1.807, 2.05) is 12.1 Å². The lowest BCUT2D eigenvalue weighted by atomic mass is 9.87. The summed E-state index contributed by atoms with van der Waals surface area (Å²) < 4.78 is 14.2. The van der Waals surface area contributed by atoms with Crippen LogP contribution in [0.25, 0.3) is 0 Å². The van der Waals surface area contributed by atoms with Crippen LogP contribution in [0.4, 0.5) is 4.39 Å². The SMILES string of the molecule is CCCCCCC(CCCCC)c1ccc(C#N)cc1F. The van der Waals surface area contributed by atoms with Crippen molar-refractivity contribution in [1.29, 1.82) is 5.26 Å². The van der Waals surface area contributed by atoms with Crippen molar-refractivity contribution in [3.8, 4) is 6.07 Å². The Labute approximate surface area is 129 Å². The van der Waals surface area contributed by atoms with Gasteiger partial charge in [-0.3, -0.25) is 0 Å². The first-order chi connectivity index (χ1) is 10.2. The Balaban J connectivity index is 2.71. The van der Waals surface area contributed by atoms with Crippen molar-refractivity contribution in [3.63, 3.8) is 0 Å². The fourth-order valence-corrected chi connectivity index (χ4v) is 2.84. The maximum Gasteiger partial charge on any atom is 0.127 e. The fourth-order valence-electron chi connectivity index (χ4n) is 2.84. The highest BCUT2D eigenvalue weighted by Crippen LogP contribution is 2.30. The highest BCUT2D eigenvalue weighted by molar-refractivity contribution is 5.34. The molecule has 1 rings (SSSR count). The summed E-state index contributed by atoms with van der Waals surface area (Å²) in [7, 11) is 0. The number of halogens is 1. The maximum atomic E-state index is 14.2. The molecule has 0 saturated carbocycles. The van der Waals surface area contributed by atoms with Crippen LogP contribution in [0.1, 0.15) is 88.7 Å². The van der Waals surface area contributed by atoms with Crippen molar-refractivity contribution in [2.75, 3.05) is 0 Å². The molecule has 0 radical (unpaired) electrons. The van der Waals surface area contributed by atoms with Crippen molar-refractivity contribution in [2.24, 2.45) is 0 Å². The molecule has 116 valence electrons. The van der Waals surface area contributed by atoms with E-state index in [4.69, 9.17) is 5.26 Å². The van der Waals surface area contributed by atoms with Crippen LogP contribution in [0.3, 0.4) is 0 Å². The van der Waals surface area contributed by atoms with Gasteiger partial charge in [0.15, 0.2) is 0 Å². The summed E-state index contributed by atoms with van der Waals surface area (Å²) in [5, 5.41) is 8.85. The predicted octanol–water partition coefficient (Wildman–Crippen LogP) is 6.33. The van der Waals surface area contributed by atoms with E-state index in [1.165, 1.54) is 44.6 Å². The zero-order valence-electron chi connectivity index (χ0n) is 13.5. The topological polar surface area (TPSA) is 23.8 Å². The van der Waals surface area contributed by atoms with E-state index < -0.39 is 0 Å². The first kappa shape index (κ1) is 17.7. The summed E-state index contributed by atoms with van der Waals surface area (Å²) in [5.74, 6) is 0.104. The molecule has 1 aromatic carbocycles. The molecule has 1 nitrogen and oxygen atoms in total. The fraction of sp³-hybridized carbons (Fsp3) is 0.632. The van der Waals surface area contributed by atoms with Gasteiger partial charge in [-0.2, -0.15) is 5.26 Å². The zero-order chi connectivity index (χ0) is 15.5. The molecule has 0 N–H and O–H groups in total. The van der Waals surface area contributed by atoms with Gasteiger partial charge in [0, 0.05) is 0 Å². The van der Waals surface area contributed by atoms with Gasteiger partial charge in [0.1, 0.15) is 5.82 Å². The van der Waals surface area contributed by atoms with E-state index in [1.54, 1.807) is 6.07 Å². The molecule has 2 heteroatoms. The number of unbranched alkanes of at least 4 members (excludes halogenated alkanes) is 5. The minimum atomic E-state index is -0.203. The molecule has 0 fully saturated rings. The Morgan fingerprint density at radius 3 is 2.19 bits per heavy atom. The highest BCUT2D eigenvalue weighted by atomic mass is 19.1. The van der Waals surface area contributed by atoms with Gasteiger partial charge in [-0.15, -0.1) is 0 Å². The lowest BCUT2D eigenvalue weighted by Crippen LogP contribution is -2.03. The number of nitriles is 1. The van der Waals surface area contributed by atoms with Crippen LogP contribution in [-0.4, -0.2) is 0 Å². The maximum absolute atomic E-state index is 14.2. The van der Waals surface area contributed by atoms with Crippen molar-refractivity contribution >= 4 is 0 Å². The number of benzene rings is 1. The zero-order valence-corrected chi connectivity index (χ0v) is 13.5. The van der Waals surface area contributed by atoms with Crippen LogP contribution in [0, 0.1) is 17.1 Å². The summed E-state index contributed by atoms with van der Waals surface area (Å²) >= 11 is 0. The van der Waals surface area contributed by atoms with E-state index in [-0.39, 0.29) is 5.82 Å². The van der Waals surface area contributed by atoms with E-state index >= 15 is 0 Å². The van der Waals surface area contributed by atoms with Gasteiger partial charge in [-0.25, -0.2) is 4.39 Å². The second-order valence-electron chi connectivity index (χ2n) is 5.89. The first-order valence-corrected chi connectivity index (χ1v) is 8.42. The van der Waals surface area contributed by atoms with Gasteiger partial charge < -0.3 is 0 Å². The molecular formula is C19H28FN. The van der Waals surface area contributed by atoms with E-state index in [2.05, 4.69) is 13.8 Å². The smallest absolute Gasteiger partial charge is 0.127 e. The molecule has 1 unspecified atom stereocenters. The van der Waals surface area contributed by atoms with Gasteiger partial charge >= 0.3 is 0 Å². The predicted molar refractivity (Wildman–Crippen MR) is 86.8 cm³/mol. The minimum Gasteiger partial charge on any atom is -0.207 e. The van der Waals surface area contributed by atoms with Gasteiger partial charge in [-0.05, 0) is 36.5 Å². The third kappa shape index (κ3) is 6.29. The van der Waals surface area contributed by atoms with Crippen molar-refractivity contribution in [2.45, 2.75) is 77.6 Å². The first-order valence-electron chi connectivity index (χ1n) is 8.42. The minimum absolute atomic E-state index is 0.203. The van der Waals surface area contributed by atoms with Crippen LogP contribution >= 0.6 is 0 Å². The second kappa shape index (κ2) is 10.4. The summed E-state index contributed by atoms with van der Waals surface area (Å²) in [5.41, 5.74) is 1.22. The van der Waals surface area contributed by atoms with Gasteiger partial charge in [-0.1, -0.05) is 64.9 Å². The number of hydrogen-bond acceptors (Lipinski definition) is 1. The summed E-state index contributed by atoms with van der Waals surface area (Å²) in [6, 6.07) is 6.96. The normalized spacial score (nSPS) is 12.1. The quantitative estimate of drug-likeness (QED) is 0.461. The molecular weight excluding hydrogens is 261 g/mol. The number of hydrogen-bond donors (Lipinski definition) is 0. The van der Waals surface area contributed by atoms with Gasteiger partial charge in [0.2, 0.25) is 0 Å².